The average Bonchev–Trinajstić information content (AvgIpc) is 2.11. The number of carbonyl (C=O) groups is 1. The van der Waals surface area contributed by atoms with Crippen molar-refractivity contribution in [3.05, 3.63) is 54.0 Å². The van der Waals surface area contributed by atoms with Gasteiger partial charge in [-0.05, 0) is 23.2 Å². The fraction of sp³-hybridized carbons (Fsp3) is 0.100. The summed E-state index contributed by atoms with van der Waals surface area (Å²) in [5.74, 6) is 0. The van der Waals surface area contributed by atoms with Gasteiger partial charge in [-0.3, -0.25) is 10.9 Å². The molecular weight excluding hydrogens is 255 g/mol. The zero-order chi connectivity index (χ0) is 7.11. The first-order valence-electron chi connectivity index (χ1n) is 2.30. The maximum atomic E-state index is 8.98. The number of hydrogen-bond donors (Lipinski definition) is 0. The van der Waals surface area contributed by atoms with Crippen molar-refractivity contribution in [1.82, 2.24) is 0 Å². The minimum atomic E-state index is -0.889. The van der Waals surface area contributed by atoms with Gasteiger partial charge in [-0.15, -0.1) is 6.42 Å². The van der Waals surface area contributed by atoms with E-state index in [1.165, 1.54) is 0 Å². The molecule has 0 heterocycles. The molecule has 1 aliphatic carbocycles. The molecule has 0 saturated heterocycles. The standard InChI is InChI=1S/C5H5.CCl2O.4CH3.Ti/c1-2-4-5-3-1;2-1(3)4;;;;;/h1-3H,4H2;;4*1H3;/q-1;;4*-1;. The summed E-state index contributed by atoms with van der Waals surface area (Å²) in [5, 5.41) is 0. The Morgan fingerprint density at radius 3 is 1.57 bits per heavy atom. The van der Waals surface area contributed by atoms with Gasteiger partial charge in [0.1, 0.15) is 0 Å². The van der Waals surface area contributed by atoms with E-state index in [2.05, 4.69) is 35.4 Å². The van der Waals surface area contributed by atoms with E-state index >= 15 is 0 Å². The quantitative estimate of drug-likeness (QED) is 0.355. The van der Waals surface area contributed by atoms with Crippen LogP contribution >= 0.6 is 23.2 Å². The Hall–Kier alpha value is 0.444. The Bertz CT molecular complexity index is 131. The second kappa shape index (κ2) is 29.2. The Morgan fingerprint density at radius 2 is 1.50 bits per heavy atom. The second-order valence-electron chi connectivity index (χ2n) is 1.23. The smallest absolute Gasteiger partial charge is 0.313 e. The number of halogens is 2. The molecule has 4 heteroatoms. The van der Waals surface area contributed by atoms with Gasteiger partial charge in [-0.1, -0.05) is 0 Å². The maximum absolute atomic E-state index is 8.98. The van der Waals surface area contributed by atoms with Crippen LogP contribution in [0.1, 0.15) is 6.42 Å². The van der Waals surface area contributed by atoms with Crippen molar-refractivity contribution >= 4 is 27.9 Å². The van der Waals surface area contributed by atoms with Crippen LogP contribution in [0.25, 0.3) is 0 Å². The molecule has 1 aliphatic rings. The fourth-order valence-corrected chi connectivity index (χ4v) is 0.340. The van der Waals surface area contributed by atoms with Gasteiger partial charge in [-0.2, -0.15) is 6.08 Å². The minimum Gasteiger partial charge on any atom is -0.358 e. The molecule has 0 fully saturated rings. The summed E-state index contributed by atoms with van der Waals surface area (Å²) in [4.78, 5) is 8.98. The molecule has 0 unspecified atom stereocenters. The molecule has 0 radical (unpaired) electrons. The van der Waals surface area contributed by atoms with Crippen molar-refractivity contribution < 1.29 is 26.5 Å². The van der Waals surface area contributed by atoms with Gasteiger partial charge in [0.2, 0.25) is 0 Å². The number of allylic oxidation sites excluding steroid dienone is 4. The minimum absolute atomic E-state index is 0. The molecule has 0 aromatic heterocycles. The Labute approximate surface area is 114 Å². The first-order chi connectivity index (χ1) is 4.23. The van der Waals surface area contributed by atoms with Crippen LogP contribution < -0.4 is 0 Å². The molecule has 0 spiro atoms. The van der Waals surface area contributed by atoms with E-state index in [0.29, 0.717) is 0 Å². The molecule has 14 heavy (non-hydrogen) atoms. The van der Waals surface area contributed by atoms with Crippen LogP contribution in [0.5, 0.6) is 0 Å². The monoisotopic (exact) mass is 271 g/mol. The second-order valence-corrected chi connectivity index (χ2v) is 2.11. The molecule has 0 atom stereocenters. The van der Waals surface area contributed by atoms with Gasteiger partial charge in [0, 0.05) is 21.7 Å². The molecule has 0 N–H and O–H groups in total. The van der Waals surface area contributed by atoms with Gasteiger partial charge < -0.3 is 29.7 Å². The predicted octanol–water partition coefficient (Wildman–Crippen LogP) is 4.69. The van der Waals surface area contributed by atoms with Crippen LogP contribution in [0.2, 0.25) is 0 Å². The van der Waals surface area contributed by atoms with Gasteiger partial charge >= 0.3 is 4.70 Å². The van der Waals surface area contributed by atoms with Crippen molar-refractivity contribution in [2.24, 2.45) is 0 Å². The summed E-state index contributed by atoms with van der Waals surface area (Å²) in [5.41, 5.74) is 0. The summed E-state index contributed by atoms with van der Waals surface area (Å²) < 4.78 is -0.889. The van der Waals surface area contributed by atoms with Gasteiger partial charge in [0.05, 0.1) is 0 Å². The first kappa shape index (κ1) is 36.6. The third-order valence-corrected chi connectivity index (χ3v) is 0.586. The molecule has 0 bridgehead atoms. The van der Waals surface area contributed by atoms with Crippen LogP contribution in [0, 0.1) is 35.8 Å². The van der Waals surface area contributed by atoms with Crippen LogP contribution in [0.3, 0.4) is 0 Å². The average molecular weight is 272 g/mol. The number of rotatable bonds is 0. The number of hydrogen-bond acceptors (Lipinski definition) is 1. The molecule has 0 saturated carbocycles. The largest absolute Gasteiger partial charge is 0.358 e. The zero-order valence-corrected chi connectivity index (χ0v) is 12.2. The molecular formula is C10H17Cl2OTi-5. The van der Waals surface area contributed by atoms with Crippen molar-refractivity contribution in [3.63, 3.8) is 0 Å². The van der Waals surface area contributed by atoms with E-state index in [-0.39, 0.29) is 51.4 Å². The van der Waals surface area contributed by atoms with E-state index in [0.717, 1.165) is 6.42 Å². The number of carbonyl (C=O) groups excluding carboxylic acids is 1. The topological polar surface area (TPSA) is 17.1 Å². The zero-order valence-electron chi connectivity index (χ0n) is 9.10. The fourth-order valence-electron chi connectivity index (χ4n) is 0.340. The van der Waals surface area contributed by atoms with Crippen molar-refractivity contribution in [1.29, 1.82) is 0 Å². The van der Waals surface area contributed by atoms with Crippen molar-refractivity contribution in [2.45, 2.75) is 6.42 Å². The van der Waals surface area contributed by atoms with E-state index in [1.807, 2.05) is 12.2 Å². The summed E-state index contributed by atoms with van der Waals surface area (Å²) >= 11 is 8.80. The van der Waals surface area contributed by atoms with Crippen LogP contribution in [-0.4, -0.2) is 4.70 Å². The normalized spacial score (nSPS) is 8.14. The molecule has 86 valence electrons. The summed E-state index contributed by atoms with van der Waals surface area (Å²) in [6.45, 7) is 0. The SMILES string of the molecule is O=C(Cl)Cl.[C-]1=CC=CC1.[CH3-].[CH3-].[CH3-].[CH3-].[Ti]. The molecule has 0 aromatic carbocycles. The predicted molar refractivity (Wildman–Crippen MR) is 64.3 cm³/mol. The maximum Gasteiger partial charge on any atom is 0.313 e. The van der Waals surface area contributed by atoms with Crippen LogP contribution in [-0.2, 0) is 21.7 Å². The van der Waals surface area contributed by atoms with Crippen LogP contribution in [0.4, 0.5) is 4.79 Å². The summed E-state index contributed by atoms with van der Waals surface area (Å²) in [6.07, 6.45) is 10.0. The first-order valence-corrected chi connectivity index (χ1v) is 3.06. The van der Waals surface area contributed by atoms with E-state index < -0.39 is 4.70 Å². The summed E-state index contributed by atoms with van der Waals surface area (Å²) in [6, 6.07) is 0. The van der Waals surface area contributed by atoms with Gasteiger partial charge in [-0.25, -0.2) is 12.2 Å². The Kier molecular flexibility index (Phi) is 76.4. The molecule has 0 aliphatic heterocycles. The van der Waals surface area contributed by atoms with Crippen LogP contribution in [0.15, 0.2) is 18.2 Å². The van der Waals surface area contributed by atoms with Crippen molar-refractivity contribution in [3.8, 4) is 0 Å². The van der Waals surface area contributed by atoms with E-state index in [1.54, 1.807) is 0 Å². The Balaban J connectivity index is -0.0000000171. The molecule has 0 aromatic rings. The van der Waals surface area contributed by atoms with E-state index in [9.17, 15) is 0 Å². The third kappa shape index (κ3) is 55.0. The molecule has 0 amide bonds. The molecule has 1 nitrogen and oxygen atoms in total. The Morgan fingerprint density at radius 1 is 1.14 bits per heavy atom. The summed E-state index contributed by atoms with van der Waals surface area (Å²) in [7, 11) is 0. The van der Waals surface area contributed by atoms with E-state index in [4.69, 9.17) is 4.79 Å². The van der Waals surface area contributed by atoms with Gasteiger partial charge in [0.25, 0.3) is 0 Å². The third-order valence-electron chi connectivity index (χ3n) is 0.586. The van der Waals surface area contributed by atoms with Gasteiger partial charge in [0.15, 0.2) is 0 Å². The molecule has 1 rings (SSSR count). The van der Waals surface area contributed by atoms with Crippen molar-refractivity contribution in [2.75, 3.05) is 0 Å².